The molecular formula is C58H86Br2NO5+. The van der Waals surface area contributed by atoms with Gasteiger partial charge in [-0.3, -0.25) is 19.7 Å². The van der Waals surface area contributed by atoms with Crippen LogP contribution in [0.5, 0.6) is 5.75 Å². The Bertz CT molecular complexity index is 1850. The number of phenolic OH excluding ortho intramolecular Hbond substituents is 1. The van der Waals surface area contributed by atoms with Gasteiger partial charge in [-0.1, -0.05) is 231 Å². The van der Waals surface area contributed by atoms with Crippen molar-refractivity contribution in [2.24, 2.45) is 5.92 Å². The Morgan fingerprint density at radius 3 is 1.33 bits per heavy atom. The first-order valence-corrected chi connectivity index (χ1v) is 28.4. The van der Waals surface area contributed by atoms with Crippen LogP contribution >= 0.6 is 31.9 Å². The van der Waals surface area contributed by atoms with Crippen LogP contribution in [0.3, 0.4) is 0 Å². The fourth-order valence-corrected chi connectivity index (χ4v) is 11.2. The number of aromatic hydroxyl groups is 1. The topological polar surface area (TPSA) is 97.3 Å². The smallest absolute Gasteiger partial charge is 0.308 e. The van der Waals surface area contributed by atoms with E-state index in [0.717, 1.165) is 45.9 Å². The van der Waals surface area contributed by atoms with Crippen LogP contribution in [0.1, 0.15) is 257 Å². The zero-order valence-electron chi connectivity index (χ0n) is 41.2. The number of unbranched alkanes of at least 4 members (excludes halogenated alkanes) is 28. The molecule has 0 fully saturated rings. The summed E-state index contributed by atoms with van der Waals surface area (Å²) in [6.07, 6.45) is 42.5. The third kappa shape index (κ3) is 20.0. The number of esters is 1. The number of hydrogen-bond donors (Lipinski definition) is 2. The van der Waals surface area contributed by atoms with E-state index >= 15 is 0 Å². The van der Waals surface area contributed by atoms with E-state index in [2.05, 4.69) is 45.7 Å². The molecule has 0 saturated heterocycles. The number of halogens is 2. The number of fused-ring (bicyclic) bond motifs is 2. The molecule has 3 aromatic carbocycles. The second-order valence-corrected chi connectivity index (χ2v) is 21.0. The van der Waals surface area contributed by atoms with Crippen LogP contribution < -0.4 is 5.32 Å². The number of nitrogens with two attached hydrogens (primary N) is 1. The summed E-state index contributed by atoms with van der Waals surface area (Å²) in [4.78, 5) is 40.7. The van der Waals surface area contributed by atoms with Gasteiger partial charge in [0.2, 0.25) is 5.78 Å². The predicted octanol–water partition coefficient (Wildman–Crippen LogP) is 17.4. The zero-order chi connectivity index (χ0) is 47.2. The molecule has 0 amide bonds. The van der Waals surface area contributed by atoms with Crippen LogP contribution in [0.2, 0.25) is 0 Å². The summed E-state index contributed by atoms with van der Waals surface area (Å²) < 4.78 is 7.62. The van der Waals surface area contributed by atoms with Crippen molar-refractivity contribution in [1.82, 2.24) is 0 Å². The maximum absolute atomic E-state index is 13.7. The molecule has 0 aromatic heterocycles. The van der Waals surface area contributed by atoms with Crippen molar-refractivity contribution in [3.63, 3.8) is 0 Å². The van der Waals surface area contributed by atoms with Crippen LogP contribution in [0.4, 0.5) is 11.4 Å². The van der Waals surface area contributed by atoms with Gasteiger partial charge in [0.1, 0.15) is 11.4 Å². The van der Waals surface area contributed by atoms with E-state index in [0.29, 0.717) is 29.8 Å². The Balaban J connectivity index is 1.21. The number of ketones is 2. The zero-order valence-corrected chi connectivity index (χ0v) is 44.3. The van der Waals surface area contributed by atoms with Gasteiger partial charge in [0.05, 0.1) is 32.6 Å². The third-order valence-corrected chi connectivity index (χ3v) is 15.1. The van der Waals surface area contributed by atoms with E-state index in [-0.39, 0.29) is 40.3 Å². The maximum Gasteiger partial charge on any atom is 0.308 e. The van der Waals surface area contributed by atoms with Crippen molar-refractivity contribution < 1.29 is 29.5 Å². The molecule has 0 spiro atoms. The van der Waals surface area contributed by atoms with Crippen LogP contribution in [-0.2, 0) is 16.0 Å². The van der Waals surface area contributed by atoms with E-state index in [1.54, 1.807) is 30.3 Å². The molecule has 3 aromatic rings. The first kappa shape index (κ1) is 55.8. The number of carbonyl (C=O) groups is 3. The van der Waals surface area contributed by atoms with E-state index in [1.165, 1.54) is 186 Å². The largest absolute Gasteiger partial charge is 0.507 e. The fourth-order valence-electron chi connectivity index (χ4n) is 9.72. The lowest BCUT2D eigenvalue weighted by atomic mass is 9.82. The first-order valence-electron chi connectivity index (χ1n) is 26.8. The van der Waals surface area contributed by atoms with Crippen LogP contribution in [-0.4, -0.2) is 29.2 Å². The van der Waals surface area contributed by atoms with Gasteiger partial charge in [0, 0.05) is 23.6 Å². The third-order valence-electron chi connectivity index (χ3n) is 13.8. The monoisotopic (exact) mass is 1030 g/mol. The molecular weight excluding hydrogens is 950 g/mol. The number of ether oxygens (including phenoxy) is 1. The predicted molar refractivity (Wildman–Crippen MR) is 282 cm³/mol. The summed E-state index contributed by atoms with van der Waals surface area (Å²) in [5, 5.41) is 12.5. The Labute approximate surface area is 417 Å². The van der Waals surface area contributed by atoms with Gasteiger partial charge in [-0.25, -0.2) is 0 Å². The quantitative estimate of drug-likeness (QED) is 0.0202. The molecule has 66 heavy (non-hydrogen) atoms. The minimum absolute atomic E-state index is 0.0376. The molecule has 0 radical (unpaired) electrons. The molecule has 3 N–H and O–H groups in total. The summed E-state index contributed by atoms with van der Waals surface area (Å²) in [5.41, 5.74) is 3.24. The molecule has 0 bridgehead atoms. The molecule has 0 heterocycles. The average Bonchev–Trinajstić information content (AvgIpc) is 3.31. The number of benzene rings is 3. The first-order chi connectivity index (χ1) is 32.3. The van der Waals surface area contributed by atoms with Crippen molar-refractivity contribution in [3.8, 4) is 5.75 Å². The summed E-state index contributed by atoms with van der Waals surface area (Å²) >= 11 is 7.49. The second-order valence-electron chi connectivity index (χ2n) is 19.3. The lowest BCUT2D eigenvalue weighted by Gasteiger charge is -2.20. The Morgan fingerprint density at radius 2 is 0.924 bits per heavy atom. The van der Waals surface area contributed by atoms with Gasteiger partial charge in [0.25, 0.3) is 0 Å². The van der Waals surface area contributed by atoms with E-state index in [4.69, 9.17) is 4.74 Å². The molecule has 0 aliphatic heterocycles. The van der Waals surface area contributed by atoms with E-state index in [1.807, 2.05) is 17.4 Å². The van der Waals surface area contributed by atoms with Crippen LogP contribution in [0, 0.1) is 5.92 Å². The Morgan fingerprint density at radius 1 is 0.545 bits per heavy atom. The summed E-state index contributed by atoms with van der Waals surface area (Å²) in [6, 6.07) is 13.9. The molecule has 366 valence electrons. The molecule has 1 atom stereocenters. The van der Waals surface area contributed by atoms with E-state index in [9.17, 15) is 19.5 Å². The van der Waals surface area contributed by atoms with Gasteiger partial charge in [-0.05, 0) is 68.5 Å². The van der Waals surface area contributed by atoms with Crippen LogP contribution in [0.25, 0.3) is 0 Å². The number of quaternary nitrogens is 1. The lowest BCUT2D eigenvalue weighted by Crippen LogP contribution is -2.72. The maximum atomic E-state index is 13.7. The summed E-state index contributed by atoms with van der Waals surface area (Å²) in [5.74, 6) is -0.938. The Kier molecular flexibility index (Phi) is 28.4. The van der Waals surface area contributed by atoms with Crippen LogP contribution in [0.15, 0.2) is 57.5 Å². The van der Waals surface area contributed by atoms with Crippen molar-refractivity contribution in [3.05, 3.63) is 85.3 Å². The molecule has 6 nitrogen and oxygen atoms in total. The SMILES string of the molecule is CCCCCCCCCCCCCCCCCCC(CCCCCCCCCCCCCCCC)C(=O)OCCc1cc(Br)c([NH2+]c2ccc(O)c3c2C(=O)c2ccccc2C3=O)c(Br)c1. The minimum atomic E-state index is -0.358. The highest BCUT2D eigenvalue weighted by Gasteiger charge is 2.36. The number of hydrogen-bond acceptors (Lipinski definition) is 5. The number of phenols is 1. The highest BCUT2D eigenvalue weighted by Crippen LogP contribution is 2.37. The number of carbonyl (C=O) groups excluding carboxylic acids is 3. The fraction of sp³-hybridized carbons (Fsp3) is 0.638. The highest BCUT2D eigenvalue weighted by molar-refractivity contribution is 9.11. The van der Waals surface area contributed by atoms with Crippen molar-refractivity contribution in [2.45, 2.75) is 226 Å². The lowest BCUT2D eigenvalue weighted by molar-refractivity contribution is -0.480. The molecule has 1 unspecified atom stereocenters. The van der Waals surface area contributed by atoms with Gasteiger partial charge in [-0.2, -0.15) is 0 Å². The van der Waals surface area contributed by atoms with Crippen molar-refractivity contribution >= 4 is 60.8 Å². The van der Waals surface area contributed by atoms with Crippen molar-refractivity contribution in [1.29, 1.82) is 0 Å². The Hall–Kier alpha value is -2.81. The standard InChI is InChI=1S/C58H85Br2NO5/c1-3-5-7-9-11-13-15-17-19-20-22-24-26-28-30-32-36-46(35-31-29-27-25-23-21-18-16-14-12-10-8-6-4-2)58(65)66-42-41-45-43-49(59)55(50(60)44-45)61-51-39-40-52(62)54-53(51)56(63)47-37-33-34-38-48(47)57(54)64/h33-34,37-40,43-44,46,61-62H,3-32,35-36,41-42H2,1-2H3/p+1. The average molecular weight is 1040 g/mol. The van der Waals surface area contributed by atoms with Gasteiger partial charge >= 0.3 is 5.97 Å². The van der Waals surface area contributed by atoms with Gasteiger partial charge in [-0.15, -0.1) is 0 Å². The summed E-state index contributed by atoms with van der Waals surface area (Å²) in [6.45, 7) is 4.88. The molecule has 8 heteroatoms. The number of rotatable bonds is 38. The minimum Gasteiger partial charge on any atom is -0.507 e. The molecule has 1 aliphatic rings. The molecule has 1 aliphatic carbocycles. The normalized spacial score (nSPS) is 12.7. The second kappa shape index (κ2) is 33.6. The van der Waals surface area contributed by atoms with Gasteiger partial charge in [0.15, 0.2) is 11.5 Å². The molecule has 4 rings (SSSR count). The van der Waals surface area contributed by atoms with Crippen molar-refractivity contribution in [2.75, 3.05) is 6.61 Å². The molecule has 0 saturated carbocycles. The van der Waals surface area contributed by atoms with Gasteiger partial charge < -0.3 is 9.84 Å². The summed E-state index contributed by atoms with van der Waals surface area (Å²) in [7, 11) is 0. The van der Waals surface area contributed by atoms with E-state index < -0.39 is 0 Å². The highest BCUT2D eigenvalue weighted by atomic mass is 79.9.